The summed E-state index contributed by atoms with van der Waals surface area (Å²) in [5, 5.41) is 8.91. The summed E-state index contributed by atoms with van der Waals surface area (Å²) in [5.74, 6) is -1.67. The molecule has 1 fully saturated rings. The number of carboxylic acid groups (broad SMARTS) is 1. The molecule has 1 heterocycles. The third kappa shape index (κ3) is 3.14. The summed E-state index contributed by atoms with van der Waals surface area (Å²) in [6.45, 7) is 0.352. The fraction of sp³-hybridized carbons (Fsp3) is 0.429. The molecule has 0 radical (unpaired) electrons. The van der Waals surface area contributed by atoms with Crippen molar-refractivity contribution in [2.75, 3.05) is 13.7 Å². The predicted octanol–water partition coefficient (Wildman–Crippen LogP) is 1.53. The van der Waals surface area contributed by atoms with E-state index in [0.717, 1.165) is 0 Å². The molecule has 6 heteroatoms. The molecule has 0 bridgehead atoms. The van der Waals surface area contributed by atoms with E-state index in [9.17, 15) is 14.0 Å². The number of carbonyl (C=O) groups excluding carboxylic acids is 1. The van der Waals surface area contributed by atoms with Gasteiger partial charge < -0.3 is 14.7 Å². The molecular weight excluding hydrogens is 265 g/mol. The number of nitrogens with zero attached hydrogens (tertiary/aromatic N) is 1. The van der Waals surface area contributed by atoms with E-state index >= 15 is 0 Å². The third-order valence-corrected chi connectivity index (χ3v) is 3.47. The first kappa shape index (κ1) is 14.5. The van der Waals surface area contributed by atoms with Crippen molar-refractivity contribution in [1.29, 1.82) is 0 Å². The van der Waals surface area contributed by atoms with Crippen LogP contribution in [-0.2, 0) is 9.53 Å². The molecule has 0 aromatic heterocycles. The van der Waals surface area contributed by atoms with E-state index in [4.69, 9.17) is 9.84 Å². The quantitative estimate of drug-likeness (QED) is 0.909. The second-order valence-electron chi connectivity index (χ2n) is 4.81. The van der Waals surface area contributed by atoms with E-state index in [2.05, 4.69) is 0 Å². The molecule has 1 aliphatic rings. The third-order valence-electron chi connectivity index (χ3n) is 3.47. The molecule has 2 rings (SSSR count). The van der Waals surface area contributed by atoms with Gasteiger partial charge in [-0.05, 0) is 30.7 Å². The Labute approximate surface area is 116 Å². The first-order chi connectivity index (χ1) is 9.51. The van der Waals surface area contributed by atoms with Crippen LogP contribution in [0.2, 0.25) is 0 Å². The van der Waals surface area contributed by atoms with Gasteiger partial charge in [0.25, 0.3) is 5.91 Å². The molecule has 1 aromatic carbocycles. The lowest BCUT2D eigenvalue weighted by Crippen LogP contribution is -2.37. The van der Waals surface area contributed by atoms with Gasteiger partial charge in [-0.2, -0.15) is 0 Å². The number of aliphatic carboxylic acids is 1. The molecule has 0 saturated carbocycles. The number of carbonyl (C=O) groups is 2. The number of halogens is 1. The molecule has 0 spiro atoms. The lowest BCUT2D eigenvalue weighted by Gasteiger charge is -2.23. The van der Waals surface area contributed by atoms with Crippen LogP contribution in [0, 0.1) is 5.82 Å². The molecule has 2 atom stereocenters. The largest absolute Gasteiger partial charge is 0.481 e. The fourth-order valence-corrected chi connectivity index (χ4v) is 2.45. The van der Waals surface area contributed by atoms with E-state index in [1.54, 1.807) is 0 Å². The summed E-state index contributed by atoms with van der Waals surface area (Å²) in [6, 6.07) is 4.83. The number of ether oxygens (including phenoxy) is 1. The van der Waals surface area contributed by atoms with Gasteiger partial charge in [0.05, 0.1) is 12.5 Å². The van der Waals surface area contributed by atoms with Gasteiger partial charge in [-0.1, -0.05) is 0 Å². The number of carboxylic acids is 1. The zero-order valence-corrected chi connectivity index (χ0v) is 11.1. The molecule has 2 unspecified atom stereocenters. The number of amides is 1. The Hall–Kier alpha value is -1.95. The van der Waals surface area contributed by atoms with E-state index in [-0.39, 0.29) is 18.4 Å². The summed E-state index contributed by atoms with van der Waals surface area (Å²) in [7, 11) is 1.54. The average Bonchev–Trinajstić information content (AvgIpc) is 2.81. The average molecular weight is 281 g/mol. The molecule has 1 N–H and O–H groups in total. The number of benzene rings is 1. The summed E-state index contributed by atoms with van der Waals surface area (Å²) < 4.78 is 18.1. The molecule has 1 amide bonds. The molecular formula is C14H16FNO4. The SMILES string of the molecule is COC1CC(CC(=O)O)N(C(=O)c2ccc(F)cc2)C1. The smallest absolute Gasteiger partial charge is 0.305 e. The van der Waals surface area contributed by atoms with Crippen LogP contribution in [0.25, 0.3) is 0 Å². The van der Waals surface area contributed by atoms with Gasteiger partial charge in [-0.25, -0.2) is 4.39 Å². The highest BCUT2D eigenvalue weighted by atomic mass is 19.1. The Bertz CT molecular complexity index is 502. The highest BCUT2D eigenvalue weighted by Crippen LogP contribution is 2.24. The fourth-order valence-electron chi connectivity index (χ4n) is 2.45. The maximum absolute atomic E-state index is 12.9. The van der Waals surface area contributed by atoms with Gasteiger partial charge in [0, 0.05) is 25.3 Å². The van der Waals surface area contributed by atoms with Crippen molar-refractivity contribution in [1.82, 2.24) is 4.90 Å². The number of rotatable bonds is 4. The Morgan fingerprint density at radius 3 is 2.60 bits per heavy atom. The van der Waals surface area contributed by atoms with Gasteiger partial charge >= 0.3 is 5.97 Å². The van der Waals surface area contributed by atoms with Crippen LogP contribution in [0.4, 0.5) is 4.39 Å². The number of methoxy groups -OCH3 is 1. The highest BCUT2D eigenvalue weighted by Gasteiger charge is 2.36. The minimum absolute atomic E-state index is 0.118. The van der Waals surface area contributed by atoms with Crippen LogP contribution in [0.5, 0.6) is 0 Å². The first-order valence-corrected chi connectivity index (χ1v) is 6.32. The molecule has 5 nitrogen and oxygen atoms in total. The van der Waals surface area contributed by atoms with Crippen molar-refractivity contribution in [3.8, 4) is 0 Å². The van der Waals surface area contributed by atoms with Crippen molar-refractivity contribution in [2.24, 2.45) is 0 Å². The van der Waals surface area contributed by atoms with Gasteiger partial charge in [0.1, 0.15) is 5.82 Å². The predicted molar refractivity (Wildman–Crippen MR) is 68.9 cm³/mol. The van der Waals surface area contributed by atoms with Gasteiger partial charge in [0.2, 0.25) is 0 Å². The molecule has 1 aliphatic heterocycles. The van der Waals surface area contributed by atoms with Crippen LogP contribution in [-0.4, -0.2) is 47.7 Å². The van der Waals surface area contributed by atoms with Crippen LogP contribution < -0.4 is 0 Å². The van der Waals surface area contributed by atoms with Crippen LogP contribution in [0.3, 0.4) is 0 Å². The van der Waals surface area contributed by atoms with Crippen molar-refractivity contribution >= 4 is 11.9 Å². The molecule has 108 valence electrons. The molecule has 0 aliphatic carbocycles. The van der Waals surface area contributed by atoms with E-state index in [0.29, 0.717) is 18.5 Å². The van der Waals surface area contributed by atoms with Crippen molar-refractivity contribution in [2.45, 2.75) is 25.0 Å². The summed E-state index contributed by atoms with van der Waals surface area (Å²) >= 11 is 0. The number of hydrogen-bond donors (Lipinski definition) is 1. The van der Waals surface area contributed by atoms with E-state index in [1.807, 2.05) is 0 Å². The van der Waals surface area contributed by atoms with Crippen LogP contribution in [0.15, 0.2) is 24.3 Å². The summed E-state index contributed by atoms with van der Waals surface area (Å²) in [4.78, 5) is 24.7. The maximum Gasteiger partial charge on any atom is 0.305 e. The maximum atomic E-state index is 12.9. The highest BCUT2D eigenvalue weighted by molar-refractivity contribution is 5.94. The second-order valence-corrected chi connectivity index (χ2v) is 4.81. The Balaban J connectivity index is 2.17. The first-order valence-electron chi connectivity index (χ1n) is 6.32. The topological polar surface area (TPSA) is 66.8 Å². The summed E-state index contributed by atoms with van der Waals surface area (Å²) in [5.41, 5.74) is 0.346. The Morgan fingerprint density at radius 2 is 2.05 bits per heavy atom. The zero-order chi connectivity index (χ0) is 14.7. The molecule has 20 heavy (non-hydrogen) atoms. The standard InChI is InChI=1S/C14H16FNO4/c1-20-12-6-11(7-13(17)18)16(8-12)14(19)9-2-4-10(15)5-3-9/h2-5,11-12H,6-8H2,1H3,(H,17,18). The van der Waals surface area contributed by atoms with Crippen molar-refractivity contribution in [3.05, 3.63) is 35.6 Å². The lowest BCUT2D eigenvalue weighted by atomic mass is 10.1. The minimum atomic E-state index is -0.955. The van der Waals surface area contributed by atoms with Crippen LogP contribution in [0.1, 0.15) is 23.2 Å². The second kappa shape index (κ2) is 6.00. The zero-order valence-electron chi connectivity index (χ0n) is 11.1. The lowest BCUT2D eigenvalue weighted by molar-refractivity contribution is -0.137. The number of hydrogen-bond acceptors (Lipinski definition) is 3. The van der Waals surface area contributed by atoms with Crippen LogP contribution >= 0.6 is 0 Å². The Morgan fingerprint density at radius 1 is 1.40 bits per heavy atom. The molecule has 1 aromatic rings. The number of likely N-dealkylation sites (tertiary alicyclic amines) is 1. The van der Waals surface area contributed by atoms with Crippen molar-refractivity contribution in [3.63, 3.8) is 0 Å². The molecule has 1 saturated heterocycles. The minimum Gasteiger partial charge on any atom is -0.481 e. The Kier molecular flexibility index (Phi) is 4.34. The summed E-state index contributed by atoms with van der Waals surface area (Å²) in [6.07, 6.45) is 0.214. The monoisotopic (exact) mass is 281 g/mol. The van der Waals surface area contributed by atoms with Gasteiger partial charge in [-0.15, -0.1) is 0 Å². The van der Waals surface area contributed by atoms with Gasteiger partial charge in [0.15, 0.2) is 0 Å². The van der Waals surface area contributed by atoms with E-state index in [1.165, 1.54) is 36.3 Å². The van der Waals surface area contributed by atoms with Crippen molar-refractivity contribution < 1.29 is 23.8 Å². The van der Waals surface area contributed by atoms with Gasteiger partial charge in [-0.3, -0.25) is 9.59 Å². The normalized spacial score (nSPS) is 22.0. The van der Waals surface area contributed by atoms with E-state index < -0.39 is 17.8 Å².